The Hall–Kier alpha value is -0.410. The summed E-state index contributed by atoms with van der Waals surface area (Å²) in [6.45, 7) is 5.66. The molecule has 0 aliphatic heterocycles. The molecule has 0 bridgehead atoms. The van der Waals surface area contributed by atoms with Crippen LogP contribution in [0.25, 0.3) is 0 Å². The van der Waals surface area contributed by atoms with Crippen LogP contribution < -0.4 is 10.6 Å². The Morgan fingerprint density at radius 1 is 1.39 bits per heavy atom. The zero-order valence-corrected chi connectivity index (χ0v) is 17.3. The lowest BCUT2D eigenvalue weighted by Crippen LogP contribution is -2.39. The first-order valence-corrected chi connectivity index (χ1v) is 9.15. The number of halogens is 1. The molecule has 132 valence electrons. The number of aliphatic imine (C=N–C) groups is 1. The summed E-state index contributed by atoms with van der Waals surface area (Å²) < 4.78 is 5.62. The number of thiazole rings is 1. The molecule has 0 atom stereocenters. The zero-order chi connectivity index (χ0) is 15.6. The number of nitrogens with one attached hydrogen (secondary N) is 2. The lowest BCUT2D eigenvalue weighted by molar-refractivity contribution is 0.123. The molecule has 0 aromatic carbocycles. The first-order valence-electron chi connectivity index (χ1n) is 8.27. The van der Waals surface area contributed by atoms with Gasteiger partial charge in [0.1, 0.15) is 0 Å². The van der Waals surface area contributed by atoms with E-state index in [9.17, 15) is 0 Å². The largest absolute Gasteiger partial charge is 0.381 e. The number of hydrogen-bond donors (Lipinski definition) is 2. The Balaban J connectivity index is 0.00000264. The van der Waals surface area contributed by atoms with Crippen LogP contribution in [0.3, 0.4) is 0 Å². The van der Waals surface area contributed by atoms with E-state index in [1.807, 2.05) is 0 Å². The Morgan fingerprint density at radius 2 is 2.17 bits per heavy atom. The van der Waals surface area contributed by atoms with Crippen molar-refractivity contribution in [2.45, 2.75) is 39.0 Å². The highest BCUT2D eigenvalue weighted by Crippen LogP contribution is 2.28. The number of ether oxygens (including phenoxy) is 1. The number of hydrogen-bond acceptors (Lipinski definition) is 4. The minimum atomic E-state index is 0. The topological polar surface area (TPSA) is 58.5 Å². The molecule has 5 nitrogen and oxygen atoms in total. The molecule has 0 unspecified atom stereocenters. The van der Waals surface area contributed by atoms with Gasteiger partial charge in [-0.2, -0.15) is 0 Å². The molecule has 2 rings (SSSR count). The second kappa shape index (κ2) is 12.0. The van der Waals surface area contributed by atoms with E-state index in [4.69, 9.17) is 4.74 Å². The lowest BCUT2D eigenvalue weighted by Gasteiger charge is -2.11. The summed E-state index contributed by atoms with van der Waals surface area (Å²) in [5.74, 6) is 1.70. The zero-order valence-electron chi connectivity index (χ0n) is 14.1. The predicted molar refractivity (Wildman–Crippen MR) is 108 cm³/mol. The summed E-state index contributed by atoms with van der Waals surface area (Å²) in [7, 11) is 1.80. The quantitative estimate of drug-likeness (QED) is 0.248. The van der Waals surface area contributed by atoms with E-state index in [2.05, 4.69) is 32.9 Å². The van der Waals surface area contributed by atoms with Gasteiger partial charge in [0, 0.05) is 45.2 Å². The maximum Gasteiger partial charge on any atom is 0.190 e. The van der Waals surface area contributed by atoms with E-state index < -0.39 is 0 Å². The number of rotatable bonds is 10. The Labute approximate surface area is 160 Å². The first kappa shape index (κ1) is 20.6. The molecule has 1 aliphatic rings. The van der Waals surface area contributed by atoms with Crippen LogP contribution in [0, 0.1) is 5.92 Å². The van der Waals surface area contributed by atoms with Gasteiger partial charge in [0.25, 0.3) is 0 Å². The van der Waals surface area contributed by atoms with Crippen LogP contribution in [0.2, 0.25) is 0 Å². The fourth-order valence-corrected chi connectivity index (χ4v) is 2.85. The maximum atomic E-state index is 5.62. The molecular weight excluding hydrogens is 423 g/mol. The van der Waals surface area contributed by atoms with Crippen molar-refractivity contribution in [3.05, 3.63) is 16.1 Å². The minimum absolute atomic E-state index is 0. The van der Waals surface area contributed by atoms with Crippen LogP contribution in [-0.4, -0.2) is 44.3 Å². The summed E-state index contributed by atoms with van der Waals surface area (Å²) in [5.41, 5.74) is 1.17. The third-order valence-corrected chi connectivity index (χ3v) is 4.65. The highest BCUT2D eigenvalue weighted by atomic mass is 127. The number of nitrogens with zero attached hydrogens (tertiary/aromatic N) is 2. The van der Waals surface area contributed by atoms with Crippen LogP contribution in [0.5, 0.6) is 0 Å². The van der Waals surface area contributed by atoms with Crippen molar-refractivity contribution >= 4 is 41.3 Å². The molecule has 1 fully saturated rings. The van der Waals surface area contributed by atoms with Gasteiger partial charge in [-0.3, -0.25) is 4.99 Å². The van der Waals surface area contributed by atoms with Crippen molar-refractivity contribution in [1.82, 2.24) is 15.6 Å². The standard InChI is InChI=1S/C16H28N4OS.HI/c1-3-15-20-14(12-22-15)7-9-19-16(17-2)18-8-4-10-21-11-13-5-6-13;/h12-13H,3-11H2,1-2H3,(H2,17,18,19);1H. The molecule has 2 N–H and O–H groups in total. The van der Waals surface area contributed by atoms with Gasteiger partial charge >= 0.3 is 0 Å². The monoisotopic (exact) mass is 452 g/mol. The summed E-state index contributed by atoms with van der Waals surface area (Å²) in [5, 5.41) is 10.0. The molecule has 0 spiro atoms. The van der Waals surface area contributed by atoms with E-state index in [0.717, 1.165) is 57.4 Å². The molecule has 1 aromatic heterocycles. The molecule has 1 aromatic rings. The fraction of sp³-hybridized carbons (Fsp3) is 0.750. The lowest BCUT2D eigenvalue weighted by atomic mass is 10.3. The normalized spacial score (nSPS) is 14.4. The minimum Gasteiger partial charge on any atom is -0.381 e. The fourth-order valence-electron chi connectivity index (χ4n) is 2.07. The molecule has 1 saturated carbocycles. The average Bonchev–Trinajstić information content (AvgIpc) is 3.25. The van der Waals surface area contributed by atoms with Gasteiger partial charge in [-0.15, -0.1) is 35.3 Å². The molecule has 1 heterocycles. The Kier molecular flexibility index (Phi) is 10.8. The van der Waals surface area contributed by atoms with Crippen molar-refractivity contribution in [1.29, 1.82) is 0 Å². The van der Waals surface area contributed by atoms with E-state index in [1.165, 1.54) is 23.5 Å². The van der Waals surface area contributed by atoms with Crippen LogP contribution in [0.1, 0.15) is 36.9 Å². The first-order chi connectivity index (χ1) is 10.8. The third kappa shape index (κ3) is 8.85. The molecule has 0 radical (unpaired) electrons. The number of aromatic nitrogens is 1. The second-order valence-electron chi connectivity index (χ2n) is 5.63. The summed E-state index contributed by atoms with van der Waals surface area (Å²) in [6, 6.07) is 0. The van der Waals surface area contributed by atoms with E-state index >= 15 is 0 Å². The van der Waals surface area contributed by atoms with Crippen LogP contribution in [0.4, 0.5) is 0 Å². The molecule has 0 saturated heterocycles. The van der Waals surface area contributed by atoms with E-state index in [1.54, 1.807) is 18.4 Å². The predicted octanol–water partition coefficient (Wildman–Crippen LogP) is 2.85. The highest BCUT2D eigenvalue weighted by Gasteiger charge is 2.20. The summed E-state index contributed by atoms with van der Waals surface area (Å²) in [6.07, 6.45) is 5.67. The molecular formula is C16H29IN4OS. The Bertz CT molecular complexity index is 463. The van der Waals surface area contributed by atoms with Gasteiger partial charge in [-0.1, -0.05) is 6.92 Å². The van der Waals surface area contributed by atoms with Gasteiger partial charge in [0.15, 0.2) is 5.96 Å². The van der Waals surface area contributed by atoms with Gasteiger partial charge in [0.2, 0.25) is 0 Å². The molecule has 0 amide bonds. The van der Waals surface area contributed by atoms with Crippen LogP contribution >= 0.6 is 35.3 Å². The van der Waals surface area contributed by atoms with Gasteiger partial charge in [-0.25, -0.2) is 4.98 Å². The highest BCUT2D eigenvalue weighted by molar-refractivity contribution is 14.0. The third-order valence-electron chi connectivity index (χ3n) is 3.61. The molecule has 1 aliphatic carbocycles. The summed E-state index contributed by atoms with van der Waals surface area (Å²) in [4.78, 5) is 8.80. The maximum absolute atomic E-state index is 5.62. The van der Waals surface area contributed by atoms with Gasteiger partial charge in [-0.05, 0) is 31.6 Å². The smallest absolute Gasteiger partial charge is 0.190 e. The van der Waals surface area contributed by atoms with E-state index in [0.29, 0.717) is 0 Å². The summed E-state index contributed by atoms with van der Waals surface area (Å²) >= 11 is 1.74. The van der Waals surface area contributed by atoms with E-state index in [-0.39, 0.29) is 24.0 Å². The molecule has 7 heteroatoms. The van der Waals surface area contributed by atoms with Crippen molar-refractivity contribution in [2.24, 2.45) is 10.9 Å². The number of aryl methyl sites for hydroxylation is 1. The van der Waals surface area contributed by atoms with Gasteiger partial charge < -0.3 is 15.4 Å². The number of guanidine groups is 1. The Morgan fingerprint density at radius 3 is 2.83 bits per heavy atom. The van der Waals surface area contributed by atoms with Crippen molar-refractivity contribution < 1.29 is 4.74 Å². The average molecular weight is 452 g/mol. The van der Waals surface area contributed by atoms with Gasteiger partial charge in [0.05, 0.1) is 10.7 Å². The van der Waals surface area contributed by atoms with Crippen molar-refractivity contribution in [3.63, 3.8) is 0 Å². The van der Waals surface area contributed by atoms with Crippen molar-refractivity contribution in [2.75, 3.05) is 33.4 Å². The van der Waals surface area contributed by atoms with Crippen LogP contribution in [-0.2, 0) is 17.6 Å². The van der Waals surface area contributed by atoms with Crippen molar-refractivity contribution in [3.8, 4) is 0 Å². The second-order valence-corrected chi connectivity index (χ2v) is 6.58. The SMILES string of the molecule is CCc1nc(CCNC(=NC)NCCCOCC2CC2)cs1.I. The van der Waals surface area contributed by atoms with Crippen LogP contribution in [0.15, 0.2) is 10.4 Å². The molecule has 23 heavy (non-hydrogen) atoms.